The largest absolute Gasteiger partial charge is 0.324 e. The number of amides is 1. The summed E-state index contributed by atoms with van der Waals surface area (Å²) in [6.45, 7) is 1.86. The van der Waals surface area contributed by atoms with Gasteiger partial charge in [0.25, 0.3) is 5.56 Å². The minimum atomic E-state index is -0.380. The Kier molecular flexibility index (Phi) is 4.83. The molecule has 2 heterocycles. The van der Waals surface area contributed by atoms with Crippen molar-refractivity contribution in [2.24, 2.45) is 0 Å². The average molecular weight is 373 g/mol. The van der Waals surface area contributed by atoms with Crippen LogP contribution in [0.4, 0.5) is 5.69 Å². The molecule has 0 saturated carbocycles. The van der Waals surface area contributed by atoms with E-state index < -0.39 is 0 Å². The second kappa shape index (κ2) is 7.05. The third kappa shape index (κ3) is 3.55. The number of halogens is 1. The van der Waals surface area contributed by atoms with Gasteiger partial charge in [-0.1, -0.05) is 18.5 Å². The van der Waals surface area contributed by atoms with Gasteiger partial charge in [0.2, 0.25) is 5.91 Å². The summed E-state index contributed by atoms with van der Waals surface area (Å²) in [6, 6.07) is 8.37. The Morgan fingerprint density at radius 3 is 2.92 bits per heavy atom. The molecular formula is C17H13ClN4O2S. The van der Waals surface area contributed by atoms with Crippen LogP contribution in [0.2, 0.25) is 5.02 Å². The Labute approximate surface area is 152 Å². The van der Waals surface area contributed by atoms with Crippen LogP contribution in [0.5, 0.6) is 0 Å². The van der Waals surface area contributed by atoms with Gasteiger partial charge in [-0.05, 0) is 30.7 Å². The summed E-state index contributed by atoms with van der Waals surface area (Å²) >= 11 is 7.42. The van der Waals surface area contributed by atoms with E-state index in [1.807, 2.05) is 19.1 Å². The monoisotopic (exact) mass is 372 g/mol. The lowest BCUT2D eigenvalue weighted by atomic mass is 10.2. The molecule has 25 heavy (non-hydrogen) atoms. The van der Waals surface area contributed by atoms with E-state index in [-0.39, 0.29) is 23.0 Å². The zero-order chi connectivity index (χ0) is 18.0. The Bertz CT molecular complexity index is 1060. The minimum absolute atomic E-state index is 0.156. The number of rotatable bonds is 4. The van der Waals surface area contributed by atoms with E-state index in [4.69, 9.17) is 16.9 Å². The van der Waals surface area contributed by atoms with Crippen LogP contribution in [-0.2, 0) is 17.8 Å². The number of thiophene rings is 1. The van der Waals surface area contributed by atoms with Crippen LogP contribution < -0.4 is 10.9 Å². The first-order valence-electron chi connectivity index (χ1n) is 7.49. The molecule has 1 aromatic carbocycles. The van der Waals surface area contributed by atoms with Crippen molar-refractivity contribution in [1.82, 2.24) is 9.55 Å². The molecule has 126 valence electrons. The van der Waals surface area contributed by atoms with E-state index in [0.717, 1.165) is 11.3 Å². The minimum Gasteiger partial charge on any atom is -0.324 e. The van der Waals surface area contributed by atoms with Crippen molar-refractivity contribution < 1.29 is 4.79 Å². The van der Waals surface area contributed by atoms with Crippen molar-refractivity contribution in [2.75, 3.05) is 5.32 Å². The molecule has 0 unspecified atom stereocenters. The van der Waals surface area contributed by atoms with Crippen LogP contribution in [0.3, 0.4) is 0 Å². The molecule has 0 saturated heterocycles. The number of nitrogens with one attached hydrogen (secondary N) is 1. The standard InChI is InChI=1S/C17H13ClN4O2S/c1-2-12-6-13-16(25-12)20-9-22(17(13)24)8-15(23)21-11-4-3-10(7-19)14(18)5-11/h3-6,9H,2,8H2,1H3,(H,21,23). The second-order valence-electron chi connectivity index (χ2n) is 5.32. The first-order valence-corrected chi connectivity index (χ1v) is 8.68. The molecule has 0 aliphatic rings. The number of benzene rings is 1. The molecule has 3 aromatic rings. The van der Waals surface area contributed by atoms with E-state index >= 15 is 0 Å². The van der Waals surface area contributed by atoms with Gasteiger partial charge in [-0.15, -0.1) is 11.3 Å². The highest BCUT2D eigenvalue weighted by Gasteiger charge is 2.11. The summed E-state index contributed by atoms with van der Waals surface area (Å²) in [5.74, 6) is -0.380. The SMILES string of the molecule is CCc1cc2c(=O)n(CC(=O)Nc3ccc(C#N)c(Cl)c3)cnc2s1. The van der Waals surface area contributed by atoms with Gasteiger partial charge in [0, 0.05) is 10.6 Å². The number of hydrogen-bond donors (Lipinski definition) is 1. The molecule has 0 bridgehead atoms. The number of carbonyl (C=O) groups is 1. The lowest BCUT2D eigenvalue weighted by molar-refractivity contribution is -0.116. The molecule has 0 aliphatic carbocycles. The molecule has 0 spiro atoms. The van der Waals surface area contributed by atoms with Crippen LogP contribution in [0.15, 0.2) is 35.4 Å². The lowest BCUT2D eigenvalue weighted by Crippen LogP contribution is -2.27. The predicted octanol–water partition coefficient (Wildman–Crippen LogP) is 3.18. The zero-order valence-corrected chi connectivity index (χ0v) is 14.8. The van der Waals surface area contributed by atoms with Crippen molar-refractivity contribution in [3.8, 4) is 6.07 Å². The summed E-state index contributed by atoms with van der Waals surface area (Å²) in [4.78, 5) is 30.7. The van der Waals surface area contributed by atoms with Gasteiger partial charge in [0.1, 0.15) is 17.4 Å². The van der Waals surface area contributed by atoms with Gasteiger partial charge in [-0.3, -0.25) is 14.2 Å². The summed E-state index contributed by atoms with van der Waals surface area (Å²) < 4.78 is 1.27. The highest BCUT2D eigenvalue weighted by molar-refractivity contribution is 7.18. The lowest BCUT2D eigenvalue weighted by Gasteiger charge is -2.08. The third-order valence-corrected chi connectivity index (χ3v) is 5.10. The maximum atomic E-state index is 12.5. The quantitative estimate of drug-likeness (QED) is 0.761. The molecule has 1 amide bonds. The summed E-state index contributed by atoms with van der Waals surface area (Å²) in [5, 5.41) is 12.3. The summed E-state index contributed by atoms with van der Waals surface area (Å²) in [6.07, 6.45) is 2.21. The number of aromatic nitrogens is 2. The van der Waals surface area contributed by atoms with Crippen LogP contribution in [0.25, 0.3) is 10.2 Å². The molecule has 1 N–H and O–H groups in total. The maximum Gasteiger partial charge on any atom is 0.262 e. The predicted molar refractivity (Wildman–Crippen MR) is 98.1 cm³/mol. The topological polar surface area (TPSA) is 87.8 Å². The van der Waals surface area contributed by atoms with Gasteiger partial charge in [0.05, 0.1) is 22.3 Å². The van der Waals surface area contributed by atoms with Gasteiger partial charge < -0.3 is 5.32 Å². The number of aryl methyl sites for hydroxylation is 1. The van der Waals surface area contributed by atoms with Crippen molar-refractivity contribution in [3.05, 3.63) is 56.4 Å². The van der Waals surface area contributed by atoms with Crippen LogP contribution >= 0.6 is 22.9 Å². The summed E-state index contributed by atoms with van der Waals surface area (Å²) in [7, 11) is 0. The Balaban J connectivity index is 1.80. The fourth-order valence-electron chi connectivity index (χ4n) is 2.34. The third-order valence-electron chi connectivity index (χ3n) is 3.60. The highest BCUT2D eigenvalue weighted by Crippen LogP contribution is 2.21. The van der Waals surface area contributed by atoms with E-state index in [0.29, 0.717) is 21.5 Å². The number of fused-ring (bicyclic) bond motifs is 1. The van der Waals surface area contributed by atoms with Gasteiger partial charge in [-0.25, -0.2) is 4.98 Å². The van der Waals surface area contributed by atoms with Crippen LogP contribution in [0, 0.1) is 11.3 Å². The number of carbonyl (C=O) groups excluding carboxylic acids is 1. The van der Waals surface area contributed by atoms with Gasteiger partial charge in [0.15, 0.2) is 0 Å². The van der Waals surface area contributed by atoms with E-state index in [1.165, 1.54) is 34.4 Å². The molecule has 0 fully saturated rings. The molecular weight excluding hydrogens is 360 g/mol. The fourth-order valence-corrected chi connectivity index (χ4v) is 3.48. The number of hydrogen-bond acceptors (Lipinski definition) is 5. The second-order valence-corrected chi connectivity index (χ2v) is 6.84. The average Bonchev–Trinajstić information content (AvgIpc) is 3.02. The van der Waals surface area contributed by atoms with Gasteiger partial charge >= 0.3 is 0 Å². The van der Waals surface area contributed by atoms with Crippen molar-refractivity contribution in [1.29, 1.82) is 5.26 Å². The smallest absolute Gasteiger partial charge is 0.262 e. The normalized spacial score (nSPS) is 10.6. The van der Waals surface area contributed by atoms with Crippen molar-refractivity contribution in [2.45, 2.75) is 19.9 Å². The number of anilines is 1. The Morgan fingerprint density at radius 1 is 1.44 bits per heavy atom. The molecule has 0 radical (unpaired) electrons. The van der Waals surface area contributed by atoms with Crippen molar-refractivity contribution >= 4 is 44.7 Å². The Hall–Kier alpha value is -2.69. The van der Waals surface area contributed by atoms with E-state index in [9.17, 15) is 9.59 Å². The first kappa shape index (κ1) is 17.1. The number of nitriles is 1. The molecule has 3 rings (SSSR count). The van der Waals surface area contributed by atoms with Gasteiger partial charge in [-0.2, -0.15) is 5.26 Å². The first-order chi connectivity index (χ1) is 12.0. The number of nitrogens with zero attached hydrogens (tertiary/aromatic N) is 3. The fraction of sp³-hybridized carbons (Fsp3) is 0.176. The molecule has 0 aliphatic heterocycles. The molecule has 2 aromatic heterocycles. The maximum absolute atomic E-state index is 12.5. The summed E-state index contributed by atoms with van der Waals surface area (Å²) in [5.41, 5.74) is 0.545. The van der Waals surface area contributed by atoms with E-state index in [2.05, 4.69) is 10.3 Å². The van der Waals surface area contributed by atoms with E-state index in [1.54, 1.807) is 6.07 Å². The van der Waals surface area contributed by atoms with Crippen LogP contribution in [0.1, 0.15) is 17.4 Å². The Morgan fingerprint density at radius 2 is 2.24 bits per heavy atom. The molecule has 8 heteroatoms. The van der Waals surface area contributed by atoms with Crippen molar-refractivity contribution in [3.63, 3.8) is 0 Å². The highest BCUT2D eigenvalue weighted by atomic mass is 35.5. The molecule has 6 nitrogen and oxygen atoms in total. The van der Waals surface area contributed by atoms with Crippen LogP contribution in [-0.4, -0.2) is 15.5 Å². The zero-order valence-electron chi connectivity index (χ0n) is 13.2. The molecule has 0 atom stereocenters.